The lowest BCUT2D eigenvalue weighted by atomic mass is 10.0. The Balaban J connectivity index is 1.65. The van der Waals surface area contributed by atoms with E-state index in [1.54, 1.807) is 7.11 Å². The van der Waals surface area contributed by atoms with E-state index < -0.39 is 0 Å². The molecule has 0 aromatic heterocycles. The van der Waals surface area contributed by atoms with E-state index in [-0.39, 0.29) is 6.03 Å². The number of ether oxygens (including phenoxy) is 1. The minimum atomic E-state index is 0.0938. The first-order valence-corrected chi connectivity index (χ1v) is 7.84. The van der Waals surface area contributed by atoms with Gasteiger partial charge in [-0.3, -0.25) is 0 Å². The molecule has 0 radical (unpaired) electrons. The van der Waals surface area contributed by atoms with E-state index in [9.17, 15) is 4.79 Å². The van der Waals surface area contributed by atoms with Gasteiger partial charge in [0, 0.05) is 19.6 Å². The van der Waals surface area contributed by atoms with Crippen molar-refractivity contribution < 1.29 is 9.53 Å². The van der Waals surface area contributed by atoms with Crippen molar-refractivity contribution in [3.8, 4) is 5.75 Å². The summed E-state index contributed by atoms with van der Waals surface area (Å²) >= 11 is 0. The van der Waals surface area contributed by atoms with Crippen molar-refractivity contribution in [1.29, 1.82) is 0 Å². The molecule has 4 nitrogen and oxygen atoms in total. The zero-order valence-electron chi connectivity index (χ0n) is 13.1. The molecular weight excluding hydrogens is 264 g/mol. The molecule has 1 N–H and O–H groups in total. The molecule has 0 aliphatic carbocycles. The Hall–Kier alpha value is -1.71. The van der Waals surface area contributed by atoms with Crippen LogP contribution in [0.5, 0.6) is 5.75 Å². The largest absolute Gasteiger partial charge is 0.497 e. The van der Waals surface area contributed by atoms with Gasteiger partial charge >= 0.3 is 6.03 Å². The minimum absolute atomic E-state index is 0.0938. The fourth-order valence-corrected chi connectivity index (χ4v) is 2.77. The van der Waals surface area contributed by atoms with Gasteiger partial charge in [-0.2, -0.15) is 0 Å². The number of rotatable bonds is 5. The third kappa shape index (κ3) is 4.96. The monoisotopic (exact) mass is 290 g/mol. The van der Waals surface area contributed by atoms with Crippen molar-refractivity contribution in [3.05, 3.63) is 29.8 Å². The molecule has 1 aliphatic heterocycles. The second kappa shape index (κ2) is 7.91. The van der Waals surface area contributed by atoms with Crippen molar-refractivity contribution in [3.63, 3.8) is 0 Å². The Morgan fingerprint density at radius 1 is 1.38 bits per heavy atom. The van der Waals surface area contributed by atoms with Crippen molar-refractivity contribution in [2.45, 2.75) is 32.6 Å². The van der Waals surface area contributed by atoms with Crippen LogP contribution in [0.25, 0.3) is 0 Å². The predicted octanol–water partition coefficient (Wildman–Crippen LogP) is 3.07. The van der Waals surface area contributed by atoms with Gasteiger partial charge in [-0.15, -0.1) is 0 Å². The Labute approximate surface area is 127 Å². The summed E-state index contributed by atoms with van der Waals surface area (Å²) in [6.07, 6.45) is 4.30. The quantitative estimate of drug-likeness (QED) is 0.847. The van der Waals surface area contributed by atoms with Gasteiger partial charge in [-0.25, -0.2) is 4.79 Å². The summed E-state index contributed by atoms with van der Waals surface area (Å²) in [5.41, 5.74) is 1.27. The van der Waals surface area contributed by atoms with Crippen LogP contribution in [0.4, 0.5) is 4.79 Å². The second-order valence-electron chi connectivity index (χ2n) is 5.88. The fourth-order valence-electron chi connectivity index (χ4n) is 2.77. The van der Waals surface area contributed by atoms with E-state index in [1.807, 2.05) is 17.0 Å². The van der Waals surface area contributed by atoms with Crippen molar-refractivity contribution >= 4 is 6.03 Å². The first-order chi connectivity index (χ1) is 10.2. The smallest absolute Gasteiger partial charge is 0.317 e. The normalized spacial score (nSPS) is 18.4. The summed E-state index contributed by atoms with van der Waals surface area (Å²) < 4.78 is 5.14. The third-order valence-corrected chi connectivity index (χ3v) is 4.02. The number of benzene rings is 1. The number of nitrogens with zero attached hydrogens (tertiary/aromatic N) is 1. The van der Waals surface area contributed by atoms with Gasteiger partial charge in [0.25, 0.3) is 0 Å². The standard InChI is InChI=1S/C17H26N2O2/c1-14-5-4-12-19(13-14)17(20)18-11-3-6-15-7-9-16(21-2)10-8-15/h7-10,14H,3-6,11-13H2,1-2H3,(H,18,20). The Bertz CT molecular complexity index is 445. The van der Waals surface area contributed by atoms with Crippen LogP contribution in [0, 0.1) is 5.92 Å². The molecule has 0 bridgehead atoms. The number of piperidine rings is 1. The van der Waals surface area contributed by atoms with E-state index in [4.69, 9.17) is 4.74 Å². The van der Waals surface area contributed by atoms with Crippen LogP contribution in [0.1, 0.15) is 31.7 Å². The highest BCUT2D eigenvalue weighted by molar-refractivity contribution is 5.74. The number of hydrogen-bond donors (Lipinski definition) is 1. The van der Waals surface area contributed by atoms with E-state index >= 15 is 0 Å². The van der Waals surface area contributed by atoms with Crippen LogP contribution in [-0.2, 0) is 6.42 Å². The lowest BCUT2D eigenvalue weighted by Gasteiger charge is -2.30. The van der Waals surface area contributed by atoms with Gasteiger partial charge in [0.05, 0.1) is 7.11 Å². The van der Waals surface area contributed by atoms with Gasteiger partial charge in [0.15, 0.2) is 0 Å². The maximum Gasteiger partial charge on any atom is 0.317 e. The molecule has 1 aromatic carbocycles. The average molecular weight is 290 g/mol. The number of carbonyl (C=O) groups is 1. The average Bonchev–Trinajstić information content (AvgIpc) is 2.52. The van der Waals surface area contributed by atoms with Crippen molar-refractivity contribution in [2.75, 3.05) is 26.7 Å². The molecule has 1 aliphatic rings. The topological polar surface area (TPSA) is 41.6 Å². The maximum atomic E-state index is 12.0. The second-order valence-corrected chi connectivity index (χ2v) is 5.88. The summed E-state index contributed by atoms with van der Waals surface area (Å²) in [7, 11) is 1.67. The lowest BCUT2D eigenvalue weighted by molar-refractivity contribution is 0.170. The Kier molecular flexibility index (Phi) is 5.90. The molecule has 4 heteroatoms. The van der Waals surface area contributed by atoms with E-state index in [2.05, 4.69) is 24.4 Å². The van der Waals surface area contributed by atoms with Gasteiger partial charge in [0.2, 0.25) is 0 Å². The highest BCUT2D eigenvalue weighted by Crippen LogP contribution is 2.15. The molecule has 116 valence electrons. The number of likely N-dealkylation sites (tertiary alicyclic amines) is 1. The number of amides is 2. The Morgan fingerprint density at radius 2 is 2.14 bits per heavy atom. The third-order valence-electron chi connectivity index (χ3n) is 4.02. The van der Waals surface area contributed by atoms with Gasteiger partial charge in [-0.05, 0) is 49.3 Å². The Morgan fingerprint density at radius 3 is 2.81 bits per heavy atom. The van der Waals surface area contributed by atoms with E-state index in [0.29, 0.717) is 5.92 Å². The zero-order chi connectivity index (χ0) is 15.1. The predicted molar refractivity (Wildman–Crippen MR) is 84.7 cm³/mol. The van der Waals surface area contributed by atoms with Gasteiger partial charge in [0.1, 0.15) is 5.75 Å². The van der Waals surface area contributed by atoms with Crippen molar-refractivity contribution in [1.82, 2.24) is 10.2 Å². The number of urea groups is 1. The molecule has 0 saturated carbocycles. The van der Waals surface area contributed by atoms with Crippen LogP contribution in [0.15, 0.2) is 24.3 Å². The molecule has 1 unspecified atom stereocenters. The summed E-state index contributed by atoms with van der Waals surface area (Å²) in [6.45, 7) is 4.73. The number of nitrogens with one attached hydrogen (secondary N) is 1. The summed E-state index contributed by atoms with van der Waals surface area (Å²) in [5.74, 6) is 1.51. The highest BCUT2D eigenvalue weighted by Gasteiger charge is 2.20. The number of hydrogen-bond acceptors (Lipinski definition) is 2. The molecule has 1 saturated heterocycles. The highest BCUT2D eigenvalue weighted by atomic mass is 16.5. The molecule has 21 heavy (non-hydrogen) atoms. The van der Waals surface area contributed by atoms with E-state index in [1.165, 1.54) is 12.0 Å². The molecule has 1 fully saturated rings. The number of carbonyl (C=O) groups excluding carboxylic acids is 1. The molecule has 1 atom stereocenters. The summed E-state index contributed by atoms with van der Waals surface area (Å²) in [4.78, 5) is 14.0. The van der Waals surface area contributed by atoms with Crippen LogP contribution < -0.4 is 10.1 Å². The molecule has 2 amide bonds. The van der Waals surface area contributed by atoms with Gasteiger partial charge in [-0.1, -0.05) is 19.1 Å². The molecule has 1 heterocycles. The molecule has 1 aromatic rings. The minimum Gasteiger partial charge on any atom is -0.497 e. The molecule has 2 rings (SSSR count). The zero-order valence-corrected chi connectivity index (χ0v) is 13.1. The lowest BCUT2D eigenvalue weighted by Crippen LogP contribution is -2.45. The fraction of sp³-hybridized carbons (Fsp3) is 0.588. The van der Waals surface area contributed by atoms with Crippen LogP contribution in [0.3, 0.4) is 0 Å². The first-order valence-electron chi connectivity index (χ1n) is 7.84. The van der Waals surface area contributed by atoms with E-state index in [0.717, 1.165) is 44.6 Å². The van der Waals surface area contributed by atoms with Crippen LogP contribution in [0.2, 0.25) is 0 Å². The first kappa shape index (κ1) is 15.7. The van der Waals surface area contributed by atoms with Gasteiger partial charge < -0.3 is 15.0 Å². The van der Waals surface area contributed by atoms with Crippen molar-refractivity contribution in [2.24, 2.45) is 5.92 Å². The number of aryl methyl sites for hydroxylation is 1. The van der Waals surface area contributed by atoms with Crippen LogP contribution in [-0.4, -0.2) is 37.7 Å². The summed E-state index contributed by atoms with van der Waals surface area (Å²) in [6, 6.07) is 8.20. The molecular formula is C17H26N2O2. The number of methoxy groups -OCH3 is 1. The SMILES string of the molecule is COc1ccc(CCCNC(=O)N2CCCC(C)C2)cc1. The summed E-state index contributed by atoms with van der Waals surface area (Å²) in [5, 5.41) is 3.03. The molecule has 0 spiro atoms. The van der Waals surface area contributed by atoms with Crippen LogP contribution >= 0.6 is 0 Å². The maximum absolute atomic E-state index is 12.0.